The number of rotatable bonds is 4. The van der Waals surface area contributed by atoms with Gasteiger partial charge in [0, 0.05) is 22.7 Å². The van der Waals surface area contributed by atoms with Crippen molar-refractivity contribution in [2.75, 3.05) is 6.54 Å². The number of carbonyl (C=O) groups excluding carboxylic acids is 1. The van der Waals surface area contributed by atoms with Gasteiger partial charge in [-0.25, -0.2) is 0 Å². The molecule has 2 N–H and O–H groups in total. The van der Waals surface area contributed by atoms with Crippen molar-refractivity contribution in [1.29, 1.82) is 0 Å². The monoisotopic (exact) mass is 304 g/mol. The minimum atomic E-state index is -0.467. The molecule has 116 valence electrons. The maximum absolute atomic E-state index is 13.3. The van der Waals surface area contributed by atoms with E-state index >= 15 is 0 Å². The molecule has 0 bridgehead atoms. The molecule has 3 heteroatoms. The lowest BCUT2D eigenvalue weighted by molar-refractivity contribution is 0.0867. The third-order valence-corrected chi connectivity index (χ3v) is 4.84. The van der Waals surface area contributed by atoms with Gasteiger partial charge in [0.1, 0.15) is 0 Å². The molecule has 1 aliphatic heterocycles. The minimum absolute atomic E-state index is 0.210. The number of H-pyrrole nitrogens is 1. The molecule has 3 aromatic rings. The summed E-state index contributed by atoms with van der Waals surface area (Å²) >= 11 is 0. The van der Waals surface area contributed by atoms with E-state index in [0.29, 0.717) is 0 Å². The van der Waals surface area contributed by atoms with Gasteiger partial charge in [-0.15, -0.1) is 0 Å². The molecular formula is C20H20N2O. The standard InChI is InChI=1S/C20H20N2O/c23-19(17-7-8-18-16(13-17)9-12-21-18)20(10-4-11-22-20)14-15-5-2-1-3-6-15/h1-3,5-9,12-13,21-22H,4,10-11,14H2. The Bertz CT molecular complexity index is 829. The summed E-state index contributed by atoms with van der Waals surface area (Å²) in [5.41, 5.74) is 2.60. The van der Waals surface area contributed by atoms with Crippen LogP contribution in [0.2, 0.25) is 0 Å². The number of benzene rings is 2. The zero-order valence-corrected chi connectivity index (χ0v) is 13.0. The second kappa shape index (κ2) is 5.67. The first-order chi connectivity index (χ1) is 11.3. The van der Waals surface area contributed by atoms with Crippen LogP contribution in [0.1, 0.15) is 28.8 Å². The Balaban J connectivity index is 1.70. The maximum atomic E-state index is 13.3. The fourth-order valence-electron chi connectivity index (χ4n) is 3.65. The Morgan fingerprint density at radius 3 is 2.74 bits per heavy atom. The summed E-state index contributed by atoms with van der Waals surface area (Å²) in [6, 6.07) is 18.2. The highest BCUT2D eigenvalue weighted by Crippen LogP contribution is 2.29. The van der Waals surface area contributed by atoms with Crippen LogP contribution in [-0.2, 0) is 6.42 Å². The van der Waals surface area contributed by atoms with E-state index in [1.165, 1.54) is 5.56 Å². The summed E-state index contributed by atoms with van der Waals surface area (Å²) in [6.07, 6.45) is 4.60. The van der Waals surface area contributed by atoms with Crippen LogP contribution in [0, 0.1) is 0 Å². The van der Waals surface area contributed by atoms with Crippen molar-refractivity contribution in [1.82, 2.24) is 10.3 Å². The number of aromatic nitrogens is 1. The van der Waals surface area contributed by atoms with Crippen LogP contribution in [0.3, 0.4) is 0 Å². The number of fused-ring (bicyclic) bond motifs is 1. The molecule has 1 aliphatic rings. The molecule has 1 saturated heterocycles. The first kappa shape index (κ1) is 14.2. The van der Waals surface area contributed by atoms with Crippen LogP contribution >= 0.6 is 0 Å². The lowest BCUT2D eigenvalue weighted by Gasteiger charge is -2.28. The first-order valence-corrected chi connectivity index (χ1v) is 8.18. The van der Waals surface area contributed by atoms with E-state index in [4.69, 9.17) is 0 Å². The van der Waals surface area contributed by atoms with Crippen LogP contribution in [0.5, 0.6) is 0 Å². The van der Waals surface area contributed by atoms with E-state index in [9.17, 15) is 4.79 Å². The molecular weight excluding hydrogens is 284 g/mol. The lowest BCUT2D eigenvalue weighted by atomic mass is 9.82. The Kier molecular flexibility index (Phi) is 3.50. The summed E-state index contributed by atoms with van der Waals surface area (Å²) in [4.78, 5) is 16.4. The Labute approximate surface area is 135 Å². The van der Waals surface area contributed by atoms with Crippen molar-refractivity contribution >= 4 is 16.7 Å². The number of aromatic amines is 1. The Hall–Kier alpha value is -2.39. The zero-order chi connectivity index (χ0) is 15.7. The van der Waals surface area contributed by atoms with Gasteiger partial charge in [0.2, 0.25) is 0 Å². The number of nitrogens with one attached hydrogen (secondary N) is 2. The lowest BCUT2D eigenvalue weighted by Crippen LogP contribution is -2.49. The van der Waals surface area contributed by atoms with Gasteiger partial charge in [0.15, 0.2) is 5.78 Å². The molecule has 2 heterocycles. The molecule has 0 amide bonds. The van der Waals surface area contributed by atoms with E-state index in [1.807, 2.05) is 48.7 Å². The van der Waals surface area contributed by atoms with E-state index < -0.39 is 5.54 Å². The average Bonchev–Trinajstić information content (AvgIpc) is 3.24. The van der Waals surface area contributed by atoms with E-state index in [-0.39, 0.29) is 5.78 Å². The van der Waals surface area contributed by atoms with E-state index in [1.54, 1.807) is 0 Å². The van der Waals surface area contributed by atoms with Crippen LogP contribution in [0.4, 0.5) is 0 Å². The van der Waals surface area contributed by atoms with Crippen molar-refractivity contribution in [3.8, 4) is 0 Å². The summed E-state index contributed by atoms with van der Waals surface area (Å²) in [6.45, 7) is 0.908. The van der Waals surface area contributed by atoms with Crippen LogP contribution in [-0.4, -0.2) is 22.9 Å². The maximum Gasteiger partial charge on any atom is 0.183 e. The summed E-state index contributed by atoms with van der Waals surface area (Å²) < 4.78 is 0. The van der Waals surface area contributed by atoms with E-state index in [0.717, 1.165) is 42.3 Å². The van der Waals surface area contributed by atoms with E-state index in [2.05, 4.69) is 22.4 Å². The normalized spacial score (nSPS) is 20.9. The van der Waals surface area contributed by atoms with Gasteiger partial charge >= 0.3 is 0 Å². The van der Waals surface area contributed by atoms with Gasteiger partial charge in [-0.3, -0.25) is 4.79 Å². The quantitative estimate of drug-likeness (QED) is 0.722. The largest absolute Gasteiger partial charge is 0.361 e. The fourth-order valence-corrected chi connectivity index (χ4v) is 3.65. The molecule has 4 rings (SSSR count). The highest BCUT2D eigenvalue weighted by molar-refractivity contribution is 6.05. The van der Waals surface area contributed by atoms with Crippen molar-refractivity contribution in [2.24, 2.45) is 0 Å². The molecule has 23 heavy (non-hydrogen) atoms. The number of Topliss-reactive ketones (excluding diaryl/α,β-unsaturated/α-hetero) is 1. The number of hydrogen-bond donors (Lipinski definition) is 2. The molecule has 1 atom stereocenters. The molecule has 0 radical (unpaired) electrons. The molecule has 0 aliphatic carbocycles. The Morgan fingerprint density at radius 2 is 1.96 bits per heavy atom. The number of carbonyl (C=O) groups is 1. The number of ketones is 1. The summed E-state index contributed by atoms with van der Waals surface area (Å²) in [7, 11) is 0. The Morgan fingerprint density at radius 1 is 1.09 bits per heavy atom. The SMILES string of the molecule is O=C(c1ccc2[nH]ccc2c1)C1(Cc2ccccc2)CCCN1. The van der Waals surface area contributed by atoms with Gasteiger partial charge in [0.05, 0.1) is 5.54 Å². The zero-order valence-electron chi connectivity index (χ0n) is 13.0. The highest BCUT2D eigenvalue weighted by atomic mass is 16.1. The van der Waals surface area contributed by atoms with Crippen molar-refractivity contribution in [3.05, 3.63) is 71.9 Å². The predicted molar refractivity (Wildman–Crippen MR) is 92.7 cm³/mol. The molecule has 1 fully saturated rings. The molecule has 0 saturated carbocycles. The third-order valence-electron chi connectivity index (χ3n) is 4.84. The topological polar surface area (TPSA) is 44.9 Å². The summed E-state index contributed by atoms with van der Waals surface area (Å²) in [5, 5.41) is 4.59. The predicted octanol–water partition coefficient (Wildman–Crippen LogP) is 3.72. The van der Waals surface area contributed by atoms with Crippen molar-refractivity contribution in [2.45, 2.75) is 24.8 Å². The number of hydrogen-bond acceptors (Lipinski definition) is 2. The van der Waals surface area contributed by atoms with Crippen molar-refractivity contribution in [3.63, 3.8) is 0 Å². The third kappa shape index (κ3) is 2.57. The molecule has 1 unspecified atom stereocenters. The van der Waals surface area contributed by atoms with Crippen LogP contribution in [0.15, 0.2) is 60.8 Å². The molecule has 2 aromatic carbocycles. The highest BCUT2D eigenvalue weighted by Gasteiger charge is 2.41. The van der Waals surface area contributed by atoms with Gasteiger partial charge in [-0.2, -0.15) is 0 Å². The minimum Gasteiger partial charge on any atom is -0.361 e. The molecule has 1 aromatic heterocycles. The summed E-state index contributed by atoms with van der Waals surface area (Å²) in [5.74, 6) is 0.210. The second-order valence-corrected chi connectivity index (χ2v) is 6.38. The molecule has 3 nitrogen and oxygen atoms in total. The van der Waals surface area contributed by atoms with Gasteiger partial charge < -0.3 is 10.3 Å². The van der Waals surface area contributed by atoms with Gasteiger partial charge in [-0.05, 0) is 55.6 Å². The molecule has 0 spiro atoms. The van der Waals surface area contributed by atoms with Gasteiger partial charge in [0.25, 0.3) is 0 Å². The first-order valence-electron chi connectivity index (χ1n) is 8.18. The smallest absolute Gasteiger partial charge is 0.183 e. The second-order valence-electron chi connectivity index (χ2n) is 6.38. The van der Waals surface area contributed by atoms with Gasteiger partial charge in [-0.1, -0.05) is 30.3 Å². The van der Waals surface area contributed by atoms with Crippen LogP contribution < -0.4 is 5.32 Å². The fraction of sp³-hybridized carbons (Fsp3) is 0.250. The van der Waals surface area contributed by atoms with Crippen LogP contribution in [0.25, 0.3) is 10.9 Å². The average molecular weight is 304 g/mol. The van der Waals surface area contributed by atoms with Crippen molar-refractivity contribution < 1.29 is 4.79 Å².